The second-order valence-electron chi connectivity index (χ2n) is 4.92. The van der Waals surface area contributed by atoms with Gasteiger partial charge in [-0.25, -0.2) is 9.59 Å². The van der Waals surface area contributed by atoms with E-state index in [1.54, 1.807) is 29.2 Å². The fourth-order valence-electron chi connectivity index (χ4n) is 1.97. The average molecular weight is 278 g/mol. The number of nitrogens with one attached hydrogen (secondary N) is 1. The summed E-state index contributed by atoms with van der Waals surface area (Å²) in [4.78, 5) is 25.2. The van der Waals surface area contributed by atoms with Crippen LogP contribution in [0.1, 0.15) is 38.8 Å². The maximum Gasteiger partial charge on any atom is 0.330 e. The molecule has 5 heteroatoms. The van der Waals surface area contributed by atoms with Gasteiger partial charge in [0.25, 0.3) is 0 Å². The van der Waals surface area contributed by atoms with Crippen LogP contribution in [0.3, 0.4) is 0 Å². The quantitative estimate of drug-likeness (QED) is 0.840. The number of benzene rings is 1. The molecule has 0 bridgehead atoms. The molecule has 2 amide bonds. The number of carbonyl (C=O) groups is 2. The lowest BCUT2D eigenvalue weighted by Gasteiger charge is -2.28. The molecule has 110 valence electrons. The monoisotopic (exact) mass is 278 g/mol. The van der Waals surface area contributed by atoms with E-state index in [1.165, 1.54) is 0 Å². The molecule has 0 aliphatic carbocycles. The van der Waals surface area contributed by atoms with Crippen molar-refractivity contribution in [2.75, 3.05) is 6.54 Å². The van der Waals surface area contributed by atoms with Crippen molar-refractivity contribution in [1.29, 1.82) is 0 Å². The molecule has 2 N–H and O–H groups in total. The predicted molar refractivity (Wildman–Crippen MR) is 77.5 cm³/mol. The molecule has 0 aliphatic heterocycles. The maximum absolute atomic E-state index is 12.2. The van der Waals surface area contributed by atoms with Crippen molar-refractivity contribution in [1.82, 2.24) is 10.2 Å². The lowest BCUT2D eigenvalue weighted by Crippen LogP contribution is -2.47. The summed E-state index contributed by atoms with van der Waals surface area (Å²) in [6.07, 6.45) is 0.828. The highest BCUT2D eigenvalue weighted by molar-refractivity contribution is 5.83. The lowest BCUT2D eigenvalue weighted by molar-refractivity contribution is -0.139. The van der Waals surface area contributed by atoms with Gasteiger partial charge in [-0.1, -0.05) is 37.3 Å². The van der Waals surface area contributed by atoms with Gasteiger partial charge in [-0.15, -0.1) is 0 Å². The first-order valence-corrected chi connectivity index (χ1v) is 6.82. The van der Waals surface area contributed by atoms with Crippen molar-refractivity contribution in [3.8, 4) is 0 Å². The number of carbonyl (C=O) groups excluding carboxylic acids is 1. The van der Waals surface area contributed by atoms with Gasteiger partial charge in [0.2, 0.25) is 0 Å². The number of nitrogens with zero attached hydrogens (tertiary/aromatic N) is 1. The number of amides is 2. The van der Waals surface area contributed by atoms with Gasteiger partial charge in [0, 0.05) is 12.6 Å². The zero-order valence-corrected chi connectivity index (χ0v) is 12.2. The summed E-state index contributed by atoms with van der Waals surface area (Å²) in [6.45, 7) is 6.40. The molecule has 1 atom stereocenters. The highest BCUT2D eigenvalue weighted by atomic mass is 16.4. The van der Waals surface area contributed by atoms with Crippen molar-refractivity contribution in [2.24, 2.45) is 0 Å². The second-order valence-corrected chi connectivity index (χ2v) is 4.92. The fraction of sp³-hybridized carbons (Fsp3) is 0.467. The van der Waals surface area contributed by atoms with Crippen molar-refractivity contribution < 1.29 is 14.7 Å². The number of rotatable bonds is 6. The van der Waals surface area contributed by atoms with Gasteiger partial charge in [-0.05, 0) is 25.8 Å². The molecule has 0 heterocycles. The normalized spacial score (nSPS) is 12.0. The van der Waals surface area contributed by atoms with Crippen molar-refractivity contribution in [3.05, 3.63) is 35.9 Å². The number of urea groups is 1. The molecule has 20 heavy (non-hydrogen) atoms. The van der Waals surface area contributed by atoms with Crippen molar-refractivity contribution in [2.45, 2.75) is 39.3 Å². The van der Waals surface area contributed by atoms with Crippen LogP contribution >= 0.6 is 0 Å². The fourth-order valence-corrected chi connectivity index (χ4v) is 1.97. The Morgan fingerprint density at radius 3 is 2.30 bits per heavy atom. The standard InChI is InChI=1S/C15H22N2O3/c1-4-10-17(11(2)3)15(20)16-13(14(18)19)12-8-6-5-7-9-12/h5-9,11,13H,4,10H2,1-3H3,(H,16,20)(H,18,19)/t13-/m1/s1. The summed E-state index contributed by atoms with van der Waals surface area (Å²) in [5.41, 5.74) is 0.563. The number of carboxylic acid groups (broad SMARTS) is 1. The predicted octanol–water partition coefficient (Wildman–Crippen LogP) is 2.64. The smallest absolute Gasteiger partial charge is 0.330 e. The van der Waals surface area contributed by atoms with Gasteiger partial charge >= 0.3 is 12.0 Å². The average Bonchev–Trinajstić information content (AvgIpc) is 2.42. The maximum atomic E-state index is 12.2. The summed E-state index contributed by atoms with van der Waals surface area (Å²) in [5, 5.41) is 11.9. The molecule has 0 saturated heterocycles. The molecular formula is C15H22N2O3. The number of aliphatic carboxylic acids is 1. The highest BCUT2D eigenvalue weighted by Crippen LogP contribution is 2.14. The van der Waals surface area contributed by atoms with Gasteiger partial charge in [0.05, 0.1) is 0 Å². The SMILES string of the molecule is CCCN(C(=O)N[C@@H](C(=O)O)c1ccccc1)C(C)C. The van der Waals surface area contributed by atoms with E-state index in [9.17, 15) is 14.7 Å². The largest absolute Gasteiger partial charge is 0.479 e. The van der Waals surface area contributed by atoms with Crippen LogP contribution in [0, 0.1) is 0 Å². The van der Waals surface area contributed by atoms with E-state index in [4.69, 9.17) is 0 Å². The summed E-state index contributed by atoms with van der Waals surface area (Å²) < 4.78 is 0. The van der Waals surface area contributed by atoms with Gasteiger partial charge in [0.1, 0.15) is 0 Å². The molecule has 0 spiro atoms. The van der Waals surface area contributed by atoms with Gasteiger partial charge in [0.15, 0.2) is 6.04 Å². The van der Waals surface area contributed by atoms with E-state index in [2.05, 4.69) is 5.32 Å². The van der Waals surface area contributed by atoms with Crippen molar-refractivity contribution in [3.63, 3.8) is 0 Å². The second kappa shape index (κ2) is 7.53. The first kappa shape index (κ1) is 16.0. The number of hydrogen-bond acceptors (Lipinski definition) is 2. The Labute approximate surface area is 119 Å². The molecule has 0 aromatic heterocycles. The molecule has 1 rings (SSSR count). The van der Waals surface area contributed by atoms with Crippen LogP contribution in [0.5, 0.6) is 0 Å². The molecule has 0 radical (unpaired) electrons. The van der Waals surface area contributed by atoms with Crippen LogP contribution in [0.25, 0.3) is 0 Å². The summed E-state index contributed by atoms with van der Waals surface area (Å²) in [7, 11) is 0. The Kier molecular flexibility index (Phi) is 6.03. The number of carboxylic acids is 1. The van der Waals surface area contributed by atoms with E-state index in [0.29, 0.717) is 12.1 Å². The Morgan fingerprint density at radius 2 is 1.85 bits per heavy atom. The van der Waals surface area contributed by atoms with Crippen molar-refractivity contribution >= 4 is 12.0 Å². The first-order chi connectivity index (χ1) is 9.47. The zero-order chi connectivity index (χ0) is 15.1. The van der Waals surface area contributed by atoms with Gasteiger partial charge in [-0.2, -0.15) is 0 Å². The Morgan fingerprint density at radius 1 is 1.25 bits per heavy atom. The van der Waals surface area contributed by atoms with Crippen LogP contribution in [-0.4, -0.2) is 34.6 Å². The molecule has 0 saturated carbocycles. The first-order valence-electron chi connectivity index (χ1n) is 6.82. The molecule has 0 unspecified atom stereocenters. The molecule has 1 aromatic rings. The Hall–Kier alpha value is -2.04. The minimum Gasteiger partial charge on any atom is -0.479 e. The van der Waals surface area contributed by atoms with E-state index in [-0.39, 0.29) is 12.1 Å². The molecular weight excluding hydrogens is 256 g/mol. The topological polar surface area (TPSA) is 69.6 Å². The number of hydrogen-bond donors (Lipinski definition) is 2. The molecule has 1 aromatic carbocycles. The molecule has 0 aliphatic rings. The van der Waals surface area contributed by atoms with E-state index in [1.807, 2.05) is 26.8 Å². The zero-order valence-electron chi connectivity index (χ0n) is 12.2. The third kappa shape index (κ3) is 4.26. The van der Waals surface area contributed by atoms with Crippen LogP contribution in [0.4, 0.5) is 4.79 Å². The third-order valence-electron chi connectivity index (χ3n) is 3.00. The van der Waals surface area contributed by atoms with E-state index >= 15 is 0 Å². The van der Waals surface area contributed by atoms with E-state index < -0.39 is 12.0 Å². The summed E-state index contributed by atoms with van der Waals surface area (Å²) in [5.74, 6) is -1.07. The van der Waals surface area contributed by atoms with Gasteiger partial charge in [-0.3, -0.25) is 0 Å². The summed E-state index contributed by atoms with van der Waals surface area (Å²) >= 11 is 0. The third-order valence-corrected chi connectivity index (χ3v) is 3.00. The highest BCUT2D eigenvalue weighted by Gasteiger charge is 2.25. The Bertz CT molecular complexity index is 446. The van der Waals surface area contributed by atoms with Crippen LogP contribution in [0.15, 0.2) is 30.3 Å². The van der Waals surface area contributed by atoms with E-state index in [0.717, 1.165) is 6.42 Å². The minimum atomic E-state index is -1.07. The van der Waals surface area contributed by atoms with Crippen LogP contribution in [-0.2, 0) is 4.79 Å². The lowest BCUT2D eigenvalue weighted by atomic mass is 10.1. The minimum absolute atomic E-state index is 0.0279. The molecule has 0 fully saturated rings. The van der Waals surface area contributed by atoms with Crippen LogP contribution in [0.2, 0.25) is 0 Å². The molecule has 5 nitrogen and oxygen atoms in total. The Balaban J connectivity index is 2.86. The van der Waals surface area contributed by atoms with Gasteiger partial charge < -0.3 is 15.3 Å². The van der Waals surface area contributed by atoms with Crippen LogP contribution < -0.4 is 5.32 Å². The summed E-state index contributed by atoms with van der Waals surface area (Å²) in [6, 6.07) is 7.35.